The molecule has 0 aromatic rings. The summed E-state index contributed by atoms with van der Waals surface area (Å²) < 4.78 is 5.18. The van der Waals surface area contributed by atoms with Crippen LogP contribution in [0.25, 0.3) is 0 Å². The zero-order chi connectivity index (χ0) is 14.2. The molecule has 0 aromatic carbocycles. The Kier molecular flexibility index (Phi) is 17.8. The minimum absolute atomic E-state index is 1.11. The molecule has 0 N–H and O–H groups in total. The monoisotopic (exact) mass is 463 g/mol. The average Bonchev–Trinajstić information content (AvgIpc) is 2.43. The van der Waals surface area contributed by atoms with E-state index in [1.807, 2.05) is 0 Å². The Hall–Kier alpha value is 0.922. The predicted molar refractivity (Wildman–Crippen MR) is 92.6 cm³/mol. The second kappa shape index (κ2) is 17.0. The van der Waals surface area contributed by atoms with Crippen molar-refractivity contribution in [3.63, 3.8) is 0 Å². The first-order valence-electron chi connectivity index (χ1n) is 9.18. The van der Waals surface area contributed by atoms with E-state index < -0.39 is 22.7 Å². The molecule has 0 aliphatic rings. The maximum absolute atomic E-state index is 2.33. The van der Waals surface area contributed by atoms with Crippen molar-refractivity contribution < 1.29 is 0 Å². The van der Waals surface area contributed by atoms with Gasteiger partial charge in [-0.2, -0.15) is 0 Å². The molecule has 0 aliphatic carbocycles. The molecule has 0 saturated carbocycles. The second-order valence-electron chi connectivity index (χ2n) is 6.18. The van der Waals surface area contributed by atoms with E-state index in [2.05, 4.69) is 20.8 Å². The molecular weight excluding hydrogens is 423 g/mol. The summed E-state index contributed by atoms with van der Waals surface area (Å²) in [5.41, 5.74) is 0. The first kappa shape index (κ1) is 19.9. The van der Waals surface area contributed by atoms with Crippen LogP contribution in [0.1, 0.15) is 97.8 Å². The van der Waals surface area contributed by atoms with Crippen LogP contribution >= 0.6 is 0 Å². The van der Waals surface area contributed by atoms with Crippen molar-refractivity contribution in [3.8, 4) is 0 Å². The molecule has 1 radical (unpaired) electrons. The molecule has 0 spiro atoms. The quantitative estimate of drug-likeness (QED) is 0.178. The first-order chi connectivity index (χ1) is 9.35. The van der Waals surface area contributed by atoms with Gasteiger partial charge in [0.1, 0.15) is 0 Å². The van der Waals surface area contributed by atoms with Gasteiger partial charge in [0.05, 0.1) is 0 Å². The Balaban J connectivity index is 3.66. The van der Waals surface area contributed by atoms with Crippen LogP contribution in [-0.2, 0) is 0 Å². The Morgan fingerprint density at radius 3 is 1.00 bits per heavy atom. The second-order valence-corrected chi connectivity index (χ2v) is 17.8. The van der Waals surface area contributed by atoms with Gasteiger partial charge in [-0.05, 0) is 0 Å². The van der Waals surface area contributed by atoms with E-state index in [-0.39, 0.29) is 0 Å². The van der Waals surface area contributed by atoms with Crippen LogP contribution in [0.15, 0.2) is 0 Å². The topological polar surface area (TPSA) is 0 Å². The number of hydrogen-bond acceptors (Lipinski definition) is 0. The van der Waals surface area contributed by atoms with Crippen LogP contribution < -0.4 is 0 Å². The van der Waals surface area contributed by atoms with Gasteiger partial charge in [0.15, 0.2) is 0 Å². The van der Waals surface area contributed by atoms with Crippen molar-refractivity contribution >= 4 is 22.7 Å². The number of unbranched alkanes of at least 4 members (excludes halogenated alkanes) is 9. The fraction of sp³-hybridized carbons (Fsp3) is 1.00. The average molecular weight is 463 g/mol. The third-order valence-corrected chi connectivity index (χ3v) is 16.5. The summed E-state index contributed by atoms with van der Waals surface area (Å²) in [5, 5.41) is 0. The fourth-order valence-electron chi connectivity index (χ4n) is 2.78. The summed E-state index contributed by atoms with van der Waals surface area (Å²) in [4.78, 5) is 0. The zero-order valence-electron chi connectivity index (χ0n) is 14.1. The molecule has 0 rings (SSSR count). The molecule has 0 heterocycles. The standard InChI is InChI=1S/3C6H13.Pb/c3*1-3-5-6-4-2;/h3*1,3-6H2,2H3;. The van der Waals surface area contributed by atoms with Crippen LogP contribution in [0, 0.1) is 0 Å². The summed E-state index contributed by atoms with van der Waals surface area (Å²) in [6, 6.07) is 0. The van der Waals surface area contributed by atoms with E-state index in [4.69, 9.17) is 0 Å². The van der Waals surface area contributed by atoms with Crippen LogP contribution in [0.2, 0.25) is 11.9 Å². The molecule has 0 saturated heterocycles. The molecule has 0 nitrogen and oxygen atoms in total. The van der Waals surface area contributed by atoms with Crippen LogP contribution in [0.4, 0.5) is 0 Å². The summed E-state index contributed by atoms with van der Waals surface area (Å²) in [7, 11) is 0. The molecule has 1 heteroatoms. The van der Waals surface area contributed by atoms with Crippen molar-refractivity contribution in [3.05, 3.63) is 0 Å². The van der Waals surface area contributed by atoms with Gasteiger partial charge in [-0.3, -0.25) is 0 Å². The van der Waals surface area contributed by atoms with Crippen molar-refractivity contribution in [1.29, 1.82) is 0 Å². The SMILES string of the molecule is CCCCC[CH2][Pb]([CH2]CCCCC)[CH2]CCCCC. The van der Waals surface area contributed by atoms with Crippen molar-refractivity contribution in [1.82, 2.24) is 0 Å². The van der Waals surface area contributed by atoms with Gasteiger partial charge in [-0.1, -0.05) is 0 Å². The van der Waals surface area contributed by atoms with E-state index in [0.29, 0.717) is 0 Å². The van der Waals surface area contributed by atoms with E-state index in [0.717, 1.165) is 0 Å². The van der Waals surface area contributed by atoms with Gasteiger partial charge in [0.25, 0.3) is 0 Å². The van der Waals surface area contributed by atoms with Gasteiger partial charge in [-0.15, -0.1) is 0 Å². The van der Waals surface area contributed by atoms with Crippen LogP contribution in [0.5, 0.6) is 0 Å². The number of hydrogen-bond donors (Lipinski definition) is 0. The molecule has 0 amide bonds. The van der Waals surface area contributed by atoms with Gasteiger partial charge in [0.2, 0.25) is 0 Å². The predicted octanol–water partition coefficient (Wildman–Crippen LogP) is 7.22. The molecule has 0 aliphatic heterocycles. The van der Waals surface area contributed by atoms with Crippen molar-refractivity contribution in [2.75, 3.05) is 0 Å². The van der Waals surface area contributed by atoms with E-state index in [1.54, 1.807) is 31.2 Å². The van der Waals surface area contributed by atoms with E-state index in [1.165, 1.54) is 57.8 Å². The molecule has 0 fully saturated rings. The van der Waals surface area contributed by atoms with Gasteiger partial charge >= 0.3 is 132 Å². The Morgan fingerprint density at radius 2 is 0.737 bits per heavy atom. The number of rotatable bonds is 15. The van der Waals surface area contributed by atoms with Gasteiger partial charge in [0, 0.05) is 0 Å². The van der Waals surface area contributed by atoms with E-state index >= 15 is 0 Å². The normalized spacial score (nSPS) is 11.4. The van der Waals surface area contributed by atoms with E-state index in [9.17, 15) is 0 Å². The Labute approximate surface area is 132 Å². The minimum atomic E-state index is -1.11. The van der Waals surface area contributed by atoms with Gasteiger partial charge in [-0.25, -0.2) is 0 Å². The Morgan fingerprint density at radius 1 is 0.421 bits per heavy atom. The molecular formula is C18H39Pb. The van der Waals surface area contributed by atoms with Gasteiger partial charge < -0.3 is 0 Å². The summed E-state index contributed by atoms with van der Waals surface area (Å²) in [6.07, 6.45) is 17.9. The summed E-state index contributed by atoms with van der Waals surface area (Å²) in [5.74, 6) is 0. The third-order valence-electron chi connectivity index (χ3n) is 4.15. The van der Waals surface area contributed by atoms with Crippen LogP contribution in [-0.4, -0.2) is 22.7 Å². The fourth-order valence-corrected chi connectivity index (χ4v) is 14.4. The molecule has 115 valence electrons. The van der Waals surface area contributed by atoms with Crippen molar-refractivity contribution in [2.45, 2.75) is 110 Å². The summed E-state index contributed by atoms with van der Waals surface area (Å²) in [6.45, 7) is 6.99. The van der Waals surface area contributed by atoms with Crippen LogP contribution in [0.3, 0.4) is 0 Å². The first-order valence-corrected chi connectivity index (χ1v) is 17.4. The molecule has 0 aromatic heterocycles. The third kappa shape index (κ3) is 15.1. The zero-order valence-corrected chi connectivity index (χ0v) is 18.0. The Bertz CT molecular complexity index is 127. The molecule has 19 heavy (non-hydrogen) atoms. The summed E-state index contributed by atoms with van der Waals surface area (Å²) >= 11 is -1.11. The maximum atomic E-state index is 2.33. The molecule has 0 bridgehead atoms. The molecule has 0 atom stereocenters. The molecule has 0 unspecified atom stereocenters. The van der Waals surface area contributed by atoms with Crippen molar-refractivity contribution in [2.24, 2.45) is 0 Å².